The van der Waals surface area contributed by atoms with Crippen LogP contribution in [0.2, 0.25) is 0 Å². The lowest BCUT2D eigenvalue weighted by molar-refractivity contribution is -0.144. The van der Waals surface area contributed by atoms with Gasteiger partial charge >= 0.3 is 5.97 Å². The van der Waals surface area contributed by atoms with E-state index in [2.05, 4.69) is 0 Å². The number of carboxylic acid groups (broad SMARTS) is 1. The van der Waals surface area contributed by atoms with Crippen LogP contribution in [0.25, 0.3) is 0 Å². The molecule has 3 N–H and O–H groups in total. The molecular formula is C11H21NO3S. The smallest absolute Gasteiger partial charge is 0.323 e. The van der Waals surface area contributed by atoms with Gasteiger partial charge in [-0.25, -0.2) is 0 Å². The number of hydrogen-bond donors (Lipinski definition) is 2. The Balaban J connectivity index is 2.30. The molecule has 0 aromatic heterocycles. The predicted molar refractivity (Wildman–Crippen MR) is 65.8 cm³/mol. The van der Waals surface area contributed by atoms with Crippen LogP contribution < -0.4 is 5.73 Å². The summed E-state index contributed by atoms with van der Waals surface area (Å²) < 4.78 is 4.98. The number of nitrogens with two attached hydrogens (primary N) is 1. The molecule has 0 radical (unpaired) electrons. The van der Waals surface area contributed by atoms with Crippen molar-refractivity contribution in [3.63, 3.8) is 0 Å². The molecule has 5 heteroatoms. The number of hydrogen-bond acceptors (Lipinski definition) is 4. The zero-order chi connectivity index (χ0) is 12.0. The molecule has 94 valence electrons. The molecule has 0 heterocycles. The highest BCUT2D eigenvalue weighted by molar-refractivity contribution is 7.99. The summed E-state index contributed by atoms with van der Waals surface area (Å²) in [6.45, 7) is 0.770. The van der Waals surface area contributed by atoms with Gasteiger partial charge in [0.05, 0.1) is 0 Å². The second-order valence-corrected chi connectivity index (χ2v) is 5.81. The minimum atomic E-state index is -0.989. The van der Waals surface area contributed by atoms with E-state index in [-0.39, 0.29) is 0 Å². The molecular weight excluding hydrogens is 226 g/mol. The fourth-order valence-corrected chi connectivity index (χ4v) is 3.41. The molecule has 2 unspecified atom stereocenters. The van der Waals surface area contributed by atoms with Gasteiger partial charge in [0.2, 0.25) is 0 Å². The molecule has 16 heavy (non-hydrogen) atoms. The van der Waals surface area contributed by atoms with Gasteiger partial charge in [0, 0.05) is 19.0 Å². The summed E-state index contributed by atoms with van der Waals surface area (Å²) in [4.78, 5) is 11.0. The molecule has 2 atom stereocenters. The molecule has 4 nitrogen and oxygen atoms in total. The maximum Gasteiger partial charge on any atom is 0.323 e. The molecule has 1 fully saturated rings. The molecule has 0 aromatic carbocycles. The first-order chi connectivity index (χ1) is 7.58. The average Bonchev–Trinajstić information content (AvgIpc) is 2.24. The number of carboxylic acids is 1. The van der Waals surface area contributed by atoms with E-state index in [9.17, 15) is 4.79 Å². The summed E-state index contributed by atoms with van der Waals surface area (Å²) in [6, 6.07) is 0. The number of aliphatic carboxylic acids is 1. The van der Waals surface area contributed by atoms with E-state index in [1.807, 2.05) is 11.8 Å². The van der Waals surface area contributed by atoms with Gasteiger partial charge in [-0.3, -0.25) is 4.79 Å². The lowest BCUT2D eigenvalue weighted by atomic mass is 9.82. The fourth-order valence-electron chi connectivity index (χ4n) is 2.05. The number of methoxy groups -OCH3 is 1. The summed E-state index contributed by atoms with van der Waals surface area (Å²) in [5, 5.41) is 9.47. The Hall–Kier alpha value is -0.260. The second-order valence-electron chi connectivity index (χ2n) is 4.40. The van der Waals surface area contributed by atoms with Crippen LogP contribution in [-0.2, 0) is 9.53 Å². The van der Waals surface area contributed by atoms with Gasteiger partial charge in [0.1, 0.15) is 5.54 Å². The van der Waals surface area contributed by atoms with Gasteiger partial charge in [-0.15, -0.1) is 0 Å². The topological polar surface area (TPSA) is 72.5 Å². The zero-order valence-corrected chi connectivity index (χ0v) is 10.6. The Labute approximate surface area is 101 Å². The molecule has 1 aliphatic carbocycles. The molecule has 0 amide bonds. The van der Waals surface area contributed by atoms with Crippen molar-refractivity contribution >= 4 is 17.7 Å². The number of thioether (sulfide) groups is 1. The van der Waals surface area contributed by atoms with Crippen molar-refractivity contribution in [2.75, 3.05) is 19.5 Å². The Morgan fingerprint density at radius 2 is 2.44 bits per heavy atom. The van der Waals surface area contributed by atoms with Gasteiger partial charge in [-0.2, -0.15) is 11.8 Å². The third-order valence-corrected chi connectivity index (χ3v) is 4.41. The molecule has 0 bridgehead atoms. The van der Waals surface area contributed by atoms with Crippen molar-refractivity contribution in [1.29, 1.82) is 0 Å². The second kappa shape index (κ2) is 6.47. The highest BCUT2D eigenvalue weighted by Crippen LogP contribution is 2.34. The number of ether oxygens (including phenoxy) is 1. The summed E-state index contributed by atoms with van der Waals surface area (Å²) in [6.07, 6.45) is 4.23. The van der Waals surface area contributed by atoms with Crippen LogP contribution >= 0.6 is 11.8 Å². The first-order valence-corrected chi connectivity index (χ1v) is 6.76. The molecule has 1 aliphatic rings. The van der Waals surface area contributed by atoms with Gasteiger partial charge in [-0.1, -0.05) is 0 Å². The Kier molecular flexibility index (Phi) is 5.58. The zero-order valence-electron chi connectivity index (χ0n) is 9.78. The van der Waals surface area contributed by atoms with Crippen molar-refractivity contribution in [1.82, 2.24) is 0 Å². The van der Waals surface area contributed by atoms with Crippen LogP contribution in [0, 0.1) is 0 Å². The van der Waals surface area contributed by atoms with Crippen LogP contribution in [0.5, 0.6) is 0 Å². The Morgan fingerprint density at radius 1 is 1.69 bits per heavy atom. The van der Waals surface area contributed by atoms with Gasteiger partial charge < -0.3 is 15.6 Å². The maximum atomic E-state index is 11.0. The largest absolute Gasteiger partial charge is 0.480 e. The van der Waals surface area contributed by atoms with Crippen molar-refractivity contribution in [2.45, 2.75) is 42.9 Å². The average molecular weight is 247 g/mol. The highest BCUT2D eigenvalue weighted by Gasteiger charge is 2.39. The van der Waals surface area contributed by atoms with E-state index >= 15 is 0 Å². The van der Waals surface area contributed by atoms with Crippen molar-refractivity contribution in [3.8, 4) is 0 Å². The first-order valence-electron chi connectivity index (χ1n) is 5.71. The third kappa shape index (κ3) is 3.96. The van der Waals surface area contributed by atoms with Crippen LogP contribution in [-0.4, -0.2) is 41.3 Å². The Morgan fingerprint density at radius 3 is 3.06 bits per heavy atom. The lowest BCUT2D eigenvalue weighted by Crippen LogP contribution is -2.51. The molecule has 0 spiro atoms. The van der Waals surface area contributed by atoms with Crippen molar-refractivity contribution in [2.24, 2.45) is 5.73 Å². The minimum absolute atomic E-state index is 0.395. The van der Waals surface area contributed by atoms with E-state index in [0.29, 0.717) is 18.1 Å². The molecule has 1 rings (SSSR count). The normalized spacial score (nSPS) is 30.2. The van der Waals surface area contributed by atoms with Gasteiger partial charge in [0.15, 0.2) is 0 Å². The summed E-state index contributed by atoms with van der Waals surface area (Å²) in [5.41, 5.74) is 4.90. The number of carbonyl (C=O) groups is 1. The van der Waals surface area contributed by atoms with E-state index in [1.165, 1.54) is 0 Å². The van der Waals surface area contributed by atoms with E-state index in [0.717, 1.165) is 31.6 Å². The minimum Gasteiger partial charge on any atom is -0.480 e. The van der Waals surface area contributed by atoms with Crippen molar-refractivity contribution in [3.05, 3.63) is 0 Å². The summed E-state index contributed by atoms with van der Waals surface area (Å²) in [7, 11) is 1.70. The highest BCUT2D eigenvalue weighted by atomic mass is 32.2. The third-order valence-electron chi connectivity index (χ3n) is 3.01. The monoisotopic (exact) mass is 247 g/mol. The Bertz CT molecular complexity index is 237. The van der Waals surface area contributed by atoms with E-state index in [4.69, 9.17) is 15.6 Å². The molecule has 0 aromatic rings. The molecule has 0 saturated heterocycles. The van der Waals surface area contributed by atoms with Crippen LogP contribution in [0.15, 0.2) is 0 Å². The van der Waals surface area contributed by atoms with Crippen LogP contribution in [0.3, 0.4) is 0 Å². The molecule has 1 saturated carbocycles. The number of rotatable bonds is 6. The quantitative estimate of drug-likeness (QED) is 0.696. The fraction of sp³-hybridized carbons (Fsp3) is 0.909. The van der Waals surface area contributed by atoms with Crippen LogP contribution in [0.4, 0.5) is 0 Å². The summed E-state index contributed by atoms with van der Waals surface area (Å²) in [5.74, 6) is 0.170. The van der Waals surface area contributed by atoms with Gasteiger partial charge in [-0.05, 0) is 37.9 Å². The molecule has 0 aliphatic heterocycles. The van der Waals surface area contributed by atoms with E-state index in [1.54, 1.807) is 7.11 Å². The SMILES string of the molecule is COCCCSC1CCCC(N)(C(=O)O)C1. The van der Waals surface area contributed by atoms with Gasteiger partial charge in [0.25, 0.3) is 0 Å². The van der Waals surface area contributed by atoms with Crippen molar-refractivity contribution < 1.29 is 14.6 Å². The van der Waals surface area contributed by atoms with Crippen LogP contribution in [0.1, 0.15) is 32.1 Å². The standard InChI is InChI=1S/C11H21NO3S/c1-15-6-3-7-16-9-4-2-5-11(12,8-9)10(13)14/h9H,2-8,12H2,1H3,(H,13,14). The first kappa shape index (κ1) is 13.8. The van der Waals surface area contributed by atoms with E-state index < -0.39 is 11.5 Å². The summed E-state index contributed by atoms with van der Waals surface area (Å²) >= 11 is 1.83. The predicted octanol–water partition coefficient (Wildman–Crippen LogP) is 1.48. The maximum absolute atomic E-state index is 11.0. The lowest BCUT2D eigenvalue weighted by Gasteiger charge is -2.34.